The Bertz CT molecular complexity index is 1110. The predicted octanol–water partition coefficient (Wildman–Crippen LogP) is 4.31. The van der Waals surface area contributed by atoms with Crippen LogP contribution in [0.3, 0.4) is 0 Å². The molecule has 1 aliphatic rings. The van der Waals surface area contributed by atoms with Crippen LogP contribution in [0.1, 0.15) is 16.9 Å². The summed E-state index contributed by atoms with van der Waals surface area (Å²) in [6.45, 7) is -0.103. The zero-order valence-electron chi connectivity index (χ0n) is 15.1. The SMILES string of the molecule is CN(C)c1cccc(C2=NCC(=O)Nc3c2oc2cc(C(F)(F)F)ccc32)c1. The number of carbonyl (C=O) groups is 1. The molecule has 0 saturated carbocycles. The first-order valence-electron chi connectivity index (χ1n) is 8.50. The molecule has 0 fully saturated rings. The molecule has 0 bridgehead atoms. The number of aliphatic imine (C=N–C) groups is 1. The van der Waals surface area contributed by atoms with E-state index >= 15 is 0 Å². The quantitative estimate of drug-likeness (QED) is 0.713. The fourth-order valence-electron chi connectivity index (χ4n) is 3.12. The Morgan fingerprint density at radius 3 is 2.64 bits per heavy atom. The van der Waals surface area contributed by atoms with Crippen molar-refractivity contribution in [2.75, 3.05) is 30.9 Å². The molecule has 2 heterocycles. The van der Waals surface area contributed by atoms with Crippen LogP contribution in [0, 0.1) is 0 Å². The minimum Gasteiger partial charge on any atom is -0.452 e. The van der Waals surface area contributed by atoms with Gasteiger partial charge in [0.15, 0.2) is 5.76 Å². The van der Waals surface area contributed by atoms with Crippen LogP contribution in [0.2, 0.25) is 0 Å². The Morgan fingerprint density at radius 2 is 1.93 bits per heavy atom. The molecular formula is C20H16F3N3O2. The van der Waals surface area contributed by atoms with Crippen molar-refractivity contribution < 1.29 is 22.4 Å². The monoisotopic (exact) mass is 387 g/mol. The third-order valence-electron chi connectivity index (χ3n) is 4.51. The zero-order chi connectivity index (χ0) is 20.1. The molecule has 4 rings (SSSR count). The van der Waals surface area contributed by atoms with E-state index < -0.39 is 11.7 Å². The summed E-state index contributed by atoms with van der Waals surface area (Å²) in [5, 5.41) is 3.10. The highest BCUT2D eigenvalue weighted by atomic mass is 19.4. The second-order valence-electron chi connectivity index (χ2n) is 6.67. The van der Waals surface area contributed by atoms with Gasteiger partial charge in [-0.15, -0.1) is 0 Å². The van der Waals surface area contributed by atoms with Gasteiger partial charge >= 0.3 is 6.18 Å². The number of carbonyl (C=O) groups excluding carboxylic acids is 1. The second kappa shape index (κ2) is 6.40. The summed E-state index contributed by atoms with van der Waals surface area (Å²) >= 11 is 0. The van der Waals surface area contributed by atoms with Crippen LogP contribution in [-0.2, 0) is 11.0 Å². The van der Waals surface area contributed by atoms with Gasteiger partial charge in [-0.3, -0.25) is 9.79 Å². The van der Waals surface area contributed by atoms with Crippen molar-refractivity contribution in [2.45, 2.75) is 6.18 Å². The van der Waals surface area contributed by atoms with Crippen LogP contribution in [-0.4, -0.2) is 32.3 Å². The summed E-state index contributed by atoms with van der Waals surface area (Å²) in [5.41, 5.74) is 1.60. The molecule has 1 aliphatic heterocycles. The van der Waals surface area contributed by atoms with Gasteiger partial charge < -0.3 is 14.6 Å². The highest BCUT2D eigenvalue weighted by molar-refractivity contribution is 6.21. The van der Waals surface area contributed by atoms with Crippen molar-refractivity contribution >= 4 is 34.0 Å². The number of hydrogen-bond acceptors (Lipinski definition) is 4. The number of furan rings is 1. The average Bonchev–Trinajstić information content (AvgIpc) is 2.90. The maximum Gasteiger partial charge on any atom is 0.416 e. The number of anilines is 2. The molecule has 1 N–H and O–H groups in total. The average molecular weight is 387 g/mol. The molecule has 0 atom stereocenters. The topological polar surface area (TPSA) is 57.8 Å². The summed E-state index contributed by atoms with van der Waals surface area (Å²) in [6.07, 6.45) is -4.49. The molecule has 0 radical (unpaired) electrons. The molecule has 5 nitrogen and oxygen atoms in total. The molecule has 0 unspecified atom stereocenters. The first-order chi connectivity index (χ1) is 13.2. The molecular weight excluding hydrogens is 371 g/mol. The summed E-state index contributed by atoms with van der Waals surface area (Å²) in [5.74, 6) is -0.112. The van der Waals surface area contributed by atoms with Gasteiger partial charge in [-0.25, -0.2) is 0 Å². The van der Waals surface area contributed by atoms with E-state index in [1.165, 1.54) is 6.07 Å². The molecule has 0 spiro atoms. The van der Waals surface area contributed by atoms with Crippen molar-refractivity contribution in [2.24, 2.45) is 4.99 Å². The Hall–Kier alpha value is -3.29. The van der Waals surface area contributed by atoms with E-state index in [1.54, 1.807) is 0 Å². The number of fused-ring (bicyclic) bond motifs is 3. The molecule has 2 aromatic carbocycles. The number of nitrogens with zero attached hydrogens (tertiary/aromatic N) is 2. The van der Waals surface area contributed by atoms with Crippen LogP contribution in [0.4, 0.5) is 24.5 Å². The number of benzene rings is 2. The predicted molar refractivity (Wildman–Crippen MR) is 101 cm³/mol. The van der Waals surface area contributed by atoms with Crippen LogP contribution in [0.25, 0.3) is 11.0 Å². The second-order valence-corrected chi connectivity index (χ2v) is 6.67. The van der Waals surface area contributed by atoms with Crippen molar-refractivity contribution in [3.63, 3.8) is 0 Å². The summed E-state index contributed by atoms with van der Waals surface area (Å²) in [4.78, 5) is 18.4. The number of halogens is 3. The van der Waals surface area contributed by atoms with Crippen LogP contribution < -0.4 is 10.2 Å². The van der Waals surface area contributed by atoms with Crippen molar-refractivity contribution in [1.82, 2.24) is 0 Å². The van der Waals surface area contributed by atoms with Gasteiger partial charge in [0.1, 0.15) is 17.8 Å². The Morgan fingerprint density at radius 1 is 1.14 bits per heavy atom. The molecule has 0 aliphatic carbocycles. The summed E-state index contributed by atoms with van der Waals surface area (Å²) < 4.78 is 44.9. The highest BCUT2D eigenvalue weighted by Gasteiger charge is 2.32. The standard InChI is InChI=1S/C20H16F3N3O2/c1-26(2)13-5-3-4-11(8-13)17-19-18(25-16(27)10-24-17)14-7-6-12(20(21,22)23)9-15(14)28-19/h3-9H,10H2,1-2H3,(H,25,27). The minimum absolute atomic E-state index is 0.0403. The number of amides is 1. The van der Waals surface area contributed by atoms with Gasteiger partial charge in [0.2, 0.25) is 5.91 Å². The first kappa shape index (κ1) is 18.1. The molecule has 28 heavy (non-hydrogen) atoms. The summed E-state index contributed by atoms with van der Waals surface area (Å²) in [7, 11) is 3.79. The van der Waals surface area contributed by atoms with Gasteiger partial charge in [0.05, 0.1) is 11.3 Å². The number of nitrogens with one attached hydrogen (secondary N) is 1. The number of alkyl halides is 3. The molecule has 8 heteroatoms. The van der Waals surface area contributed by atoms with Crippen molar-refractivity contribution in [3.8, 4) is 0 Å². The first-order valence-corrected chi connectivity index (χ1v) is 8.50. The highest BCUT2D eigenvalue weighted by Crippen LogP contribution is 2.38. The van der Waals surface area contributed by atoms with Crippen molar-refractivity contribution in [1.29, 1.82) is 0 Å². The van der Waals surface area contributed by atoms with Gasteiger partial charge in [-0.1, -0.05) is 12.1 Å². The van der Waals surface area contributed by atoms with Gasteiger partial charge in [-0.05, 0) is 30.3 Å². The van der Waals surface area contributed by atoms with Gasteiger partial charge in [0, 0.05) is 30.7 Å². The molecule has 3 aromatic rings. The van der Waals surface area contributed by atoms with E-state index in [-0.39, 0.29) is 23.8 Å². The van der Waals surface area contributed by atoms with Gasteiger partial charge in [-0.2, -0.15) is 13.2 Å². The van der Waals surface area contributed by atoms with Crippen LogP contribution in [0.5, 0.6) is 0 Å². The minimum atomic E-state index is -4.49. The Labute approximate surface area is 158 Å². The zero-order valence-corrected chi connectivity index (χ0v) is 15.1. The van der Waals surface area contributed by atoms with E-state index in [2.05, 4.69) is 10.3 Å². The van der Waals surface area contributed by atoms with E-state index in [0.717, 1.165) is 17.8 Å². The summed E-state index contributed by atoms with van der Waals surface area (Å²) in [6, 6.07) is 10.7. The Kier molecular flexibility index (Phi) is 4.14. The third kappa shape index (κ3) is 3.11. The van der Waals surface area contributed by atoms with Crippen LogP contribution in [0.15, 0.2) is 51.9 Å². The van der Waals surface area contributed by atoms with E-state index in [0.29, 0.717) is 22.3 Å². The van der Waals surface area contributed by atoms with Gasteiger partial charge in [0.25, 0.3) is 0 Å². The maximum absolute atomic E-state index is 13.0. The smallest absolute Gasteiger partial charge is 0.416 e. The van der Waals surface area contributed by atoms with E-state index in [9.17, 15) is 18.0 Å². The van der Waals surface area contributed by atoms with E-state index in [4.69, 9.17) is 4.42 Å². The fraction of sp³-hybridized carbons (Fsp3) is 0.200. The van der Waals surface area contributed by atoms with Crippen molar-refractivity contribution in [3.05, 3.63) is 59.4 Å². The molecule has 1 amide bonds. The van der Waals surface area contributed by atoms with E-state index in [1.807, 2.05) is 43.3 Å². The molecule has 144 valence electrons. The van der Waals surface area contributed by atoms with Crippen LogP contribution >= 0.6 is 0 Å². The fourth-order valence-corrected chi connectivity index (χ4v) is 3.12. The number of rotatable bonds is 2. The number of hydrogen-bond donors (Lipinski definition) is 1. The lowest BCUT2D eigenvalue weighted by Crippen LogP contribution is -2.13. The normalized spacial score (nSPS) is 14.3. The Balaban J connectivity index is 1.92. The molecule has 0 saturated heterocycles. The molecule has 1 aromatic heterocycles. The lowest BCUT2D eigenvalue weighted by atomic mass is 10.0. The lowest BCUT2D eigenvalue weighted by molar-refractivity contribution is -0.137. The third-order valence-corrected chi connectivity index (χ3v) is 4.51. The largest absolute Gasteiger partial charge is 0.452 e. The lowest BCUT2D eigenvalue weighted by Gasteiger charge is -2.14. The maximum atomic E-state index is 13.0.